The van der Waals surface area contributed by atoms with Gasteiger partial charge >= 0.3 is 12.0 Å². The molecule has 0 aliphatic heterocycles. The molecule has 0 radical (unpaired) electrons. The van der Waals surface area contributed by atoms with Gasteiger partial charge in [-0.2, -0.15) is 0 Å². The lowest BCUT2D eigenvalue weighted by Crippen LogP contribution is -2.42. The molecule has 0 aromatic heterocycles. The van der Waals surface area contributed by atoms with E-state index in [0.717, 1.165) is 0 Å². The van der Waals surface area contributed by atoms with Crippen LogP contribution in [0.4, 0.5) is 4.79 Å². The number of carboxylic acid groups (broad SMARTS) is 1. The number of primary sulfonamides is 1. The third-order valence-electron chi connectivity index (χ3n) is 1.90. The Bertz CT molecular complexity index is 382. The second kappa shape index (κ2) is 7.84. The van der Waals surface area contributed by atoms with E-state index in [-0.39, 0.29) is 25.3 Å². The number of carboxylic acids is 1. The molecule has 9 nitrogen and oxygen atoms in total. The van der Waals surface area contributed by atoms with Gasteiger partial charge in [0.25, 0.3) is 0 Å². The molecule has 0 rings (SSSR count). The predicted molar refractivity (Wildman–Crippen MR) is 62.4 cm³/mol. The highest BCUT2D eigenvalue weighted by Crippen LogP contribution is 1.95. The van der Waals surface area contributed by atoms with Crippen molar-refractivity contribution in [2.24, 2.45) is 5.14 Å². The van der Waals surface area contributed by atoms with E-state index in [4.69, 9.17) is 15.0 Å². The van der Waals surface area contributed by atoms with Crippen LogP contribution >= 0.6 is 0 Å². The lowest BCUT2D eigenvalue weighted by atomic mass is 10.2. The smallest absolute Gasteiger partial charge is 0.314 e. The lowest BCUT2D eigenvalue weighted by molar-refractivity contribution is -0.139. The second-order valence-corrected chi connectivity index (χ2v) is 5.19. The van der Waals surface area contributed by atoms with Gasteiger partial charge in [0.1, 0.15) is 0 Å². The Kier molecular flexibility index (Phi) is 7.24. The van der Waals surface area contributed by atoms with Gasteiger partial charge in [-0.25, -0.2) is 18.4 Å². The summed E-state index contributed by atoms with van der Waals surface area (Å²) in [7, 11) is -2.29. The van der Waals surface area contributed by atoms with Gasteiger partial charge in [-0.15, -0.1) is 0 Å². The van der Waals surface area contributed by atoms with E-state index in [1.807, 2.05) is 0 Å². The fraction of sp³-hybridized carbons (Fsp3) is 0.750. The zero-order valence-corrected chi connectivity index (χ0v) is 10.7. The van der Waals surface area contributed by atoms with E-state index < -0.39 is 28.1 Å². The van der Waals surface area contributed by atoms with Gasteiger partial charge < -0.3 is 20.5 Å². The summed E-state index contributed by atoms with van der Waals surface area (Å²) in [6, 6.07) is -0.619. The van der Waals surface area contributed by atoms with Crippen LogP contribution in [0.5, 0.6) is 0 Å². The molecule has 2 amide bonds. The number of rotatable bonds is 8. The molecule has 1 atom stereocenters. The number of hydrogen-bond donors (Lipinski definition) is 4. The maximum absolute atomic E-state index is 11.2. The topological polar surface area (TPSA) is 148 Å². The number of amides is 2. The first kappa shape index (κ1) is 16.6. The highest BCUT2D eigenvalue weighted by molar-refractivity contribution is 7.89. The molecular weight excluding hydrogens is 266 g/mol. The Labute approximate surface area is 105 Å². The van der Waals surface area contributed by atoms with Gasteiger partial charge in [-0.1, -0.05) is 0 Å². The molecule has 0 saturated carbocycles. The normalized spacial score (nSPS) is 12.8. The standard InChI is InChI=1S/C8H17N3O6S/c1-17-6(4-7(12)13)5-11-8(14)10-2-3-18(9,15)16/h6H,2-5H2,1H3,(H,12,13)(H2,9,15,16)(H2,10,11,14). The highest BCUT2D eigenvalue weighted by Gasteiger charge is 2.13. The fourth-order valence-corrected chi connectivity index (χ4v) is 1.40. The van der Waals surface area contributed by atoms with Crippen LogP contribution in [0.25, 0.3) is 0 Å². The molecule has 1 unspecified atom stereocenters. The van der Waals surface area contributed by atoms with E-state index >= 15 is 0 Å². The van der Waals surface area contributed by atoms with Crippen molar-refractivity contribution in [3.05, 3.63) is 0 Å². The SMILES string of the molecule is COC(CNC(=O)NCCS(N)(=O)=O)CC(=O)O. The number of ether oxygens (including phenoxy) is 1. The van der Waals surface area contributed by atoms with E-state index in [2.05, 4.69) is 10.6 Å². The molecule has 0 spiro atoms. The molecule has 0 aliphatic carbocycles. The van der Waals surface area contributed by atoms with Crippen LogP contribution in [-0.2, 0) is 19.6 Å². The molecule has 0 saturated heterocycles. The number of urea groups is 1. The summed E-state index contributed by atoms with van der Waals surface area (Å²) in [4.78, 5) is 21.6. The maximum Gasteiger partial charge on any atom is 0.314 e. The quantitative estimate of drug-likeness (QED) is 0.407. The minimum Gasteiger partial charge on any atom is -0.481 e. The largest absolute Gasteiger partial charge is 0.481 e. The van der Waals surface area contributed by atoms with Crippen LogP contribution in [0.2, 0.25) is 0 Å². The number of methoxy groups -OCH3 is 1. The predicted octanol–water partition coefficient (Wildman–Crippen LogP) is -1.94. The Hall–Kier alpha value is -1.39. The van der Waals surface area contributed by atoms with Gasteiger partial charge in [0.15, 0.2) is 0 Å². The summed E-state index contributed by atoms with van der Waals surface area (Å²) in [5.41, 5.74) is 0. The highest BCUT2D eigenvalue weighted by atomic mass is 32.2. The Morgan fingerprint density at radius 2 is 2.00 bits per heavy atom. The lowest BCUT2D eigenvalue weighted by Gasteiger charge is -2.14. The number of sulfonamides is 1. The van der Waals surface area contributed by atoms with Crippen LogP contribution in [0.1, 0.15) is 6.42 Å². The zero-order valence-electron chi connectivity index (χ0n) is 9.88. The number of aliphatic carboxylic acids is 1. The van der Waals surface area contributed by atoms with Crippen molar-refractivity contribution < 1.29 is 27.9 Å². The summed E-state index contributed by atoms with van der Waals surface area (Å²) in [5, 5.41) is 17.9. The molecule has 0 aromatic rings. The van der Waals surface area contributed by atoms with E-state index in [1.54, 1.807) is 0 Å². The van der Waals surface area contributed by atoms with Crippen molar-refractivity contribution in [1.29, 1.82) is 0 Å². The minimum absolute atomic E-state index is 0.00398. The molecule has 0 fully saturated rings. The third-order valence-corrected chi connectivity index (χ3v) is 2.67. The third kappa shape index (κ3) is 9.81. The summed E-state index contributed by atoms with van der Waals surface area (Å²) >= 11 is 0. The van der Waals surface area contributed by atoms with E-state index in [1.165, 1.54) is 7.11 Å². The zero-order chi connectivity index (χ0) is 14.2. The number of carbonyl (C=O) groups excluding carboxylic acids is 1. The second-order valence-electron chi connectivity index (χ2n) is 3.46. The Morgan fingerprint density at radius 3 is 2.44 bits per heavy atom. The van der Waals surface area contributed by atoms with Gasteiger partial charge in [0, 0.05) is 20.2 Å². The van der Waals surface area contributed by atoms with Crippen LogP contribution in [-0.4, -0.2) is 57.6 Å². The molecule has 10 heteroatoms. The van der Waals surface area contributed by atoms with Gasteiger partial charge in [-0.05, 0) is 0 Å². The average Bonchev–Trinajstić information content (AvgIpc) is 2.21. The number of carbonyl (C=O) groups is 2. The Balaban J connectivity index is 3.84. The first-order chi connectivity index (χ1) is 8.24. The van der Waals surface area contributed by atoms with Crippen LogP contribution in [0, 0.1) is 0 Å². The summed E-state index contributed by atoms with van der Waals surface area (Å²) in [6.07, 6.45) is -0.889. The first-order valence-corrected chi connectivity index (χ1v) is 6.73. The summed E-state index contributed by atoms with van der Waals surface area (Å²) in [6.45, 7) is -0.120. The number of nitrogens with one attached hydrogen (secondary N) is 2. The summed E-state index contributed by atoms with van der Waals surface area (Å²) < 4.78 is 26.0. The van der Waals surface area contributed by atoms with Crippen molar-refractivity contribution in [3.8, 4) is 0 Å². The summed E-state index contributed by atoms with van der Waals surface area (Å²) in [5.74, 6) is -1.42. The van der Waals surface area contributed by atoms with Crippen molar-refractivity contribution in [2.75, 3.05) is 26.0 Å². The van der Waals surface area contributed by atoms with Crippen molar-refractivity contribution >= 4 is 22.0 Å². The number of nitrogens with two attached hydrogens (primary N) is 1. The van der Waals surface area contributed by atoms with Gasteiger partial charge in [0.05, 0.1) is 18.3 Å². The van der Waals surface area contributed by atoms with Gasteiger partial charge in [-0.3, -0.25) is 4.79 Å². The molecular formula is C8H17N3O6S. The van der Waals surface area contributed by atoms with Crippen LogP contribution in [0.3, 0.4) is 0 Å². The molecule has 0 aromatic carbocycles. The van der Waals surface area contributed by atoms with Gasteiger partial charge in [0.2, 0.25) is 10.0 Å². The first-order valence-electron chi connectivity index (χ1n) is 5.01. The monoisotopic (exact) mass is 283 g/mol. The average molecular weight is 283 g/mol. The van der Waals surface area contributed by atoms with Crippen molar-refractivity contribution in [2.45, 2.75) is 12.5 Å². The Morgan fingerprint density at radius 1 is 1.39 bits per heavy atom. The molecule has 0 heterocycles. The van der Waals surface area contributed by atoms with E-state index in [0.29, 0.717) is 0 Å². The molecule has 0 aliphatic rings. The fourth-order valence-electron chi connectivity index (χ4n) is 1.01. The molecule has 106 valence electrons. The minimum atomic E-state index is -3.62. The molecule has 0 bridgehead atoms. The van der Waals surface area contributed by atoms with Crippen LogP contribution in [0.15, 0.2) is 0 Å². The number of hydrogen-bond acceptors (Lipinski definition) is 5. The van der Waals surface area contributed by atoms with Crippen LogP contribution < -0.4 is 15.8 Å². The molecule has 18 heavy (non-hydrogen) atoms. The van der Waals surface area contributed by atoms with Crippen molar-refractivity contribution in [1.82, 2.24) is 10.6 Å². The molecule has 5 N–H and O–H groups in total. The maximum atomic E-state index is 11.2. The van der Waals surface area contributed by atoms with Crippen molar-refractivity contribution in [3.63, 3.8) is 0 Å². The van der Waals surface area contributed by atoms with E-state index in [9.17, 15) is 18.0 Å².